The largest absolute Gasteiger partial charge is 0.445 e. The molecule has 1 aromatic carbocycles. The molecule has 0 aliphatic carbocycles. The second kappa shape index (κ2) is 9.73. The summed E-state index contributed by atoms with van der Waals surface area (Å²) in [6.45, 7) is 3.08. The molecule has 0 saturated heterocycles. The van der Waals surface area contributed by atoms with Crippen molar-refractivity contribution in [2.75, 3.05) is 19.3 Å². The van der Waals surface area contributed by atoms with Crippen LogP contribution < -0.4 is 5.32 Å². The van der Waals surface area contributed by atoms with E-state index in [1.54, 1.807) is 0 Å². The van der Waals surface area contributed by atoms with E-state index in [1.807, 2.05) is 37.3 Å². The van der Waals surface area contributed by atoms with E-state index in [4.69, 9.17) is 9.26 Å². The van der Waals surface area contributed by atoms with Gasteiger partial charge < -0.3 is 19.5 Å². The van der Waals surface area contributed by atoms with Gasteiger partial charge in [-0.3, -0.25) is 0 Å². The van der Waals surface area contributed by atoms with E-state index in [0.29, 0.717) is 25.7 Å². The Balaban J connectivity index is 2.05. The maximum atomic E-state index is 11.4. The molecule has 1 aromatic rings. The summed E-state index contributed by atoms with van der Waals surface area (Å²) < 4.78 is 10.1. The van der Waals surface area contributed by atoms with Gasteiger partial charge in [0, 0.05) is 12.7 Å². The SMILES string of the molecule is CCOP(O)CCCNC(=O)OCc1ccccc1. The fourth-order valence-electron chi connectivity index (χ4n) is 1.39. The Hall–Kier alpha value is -1.16. The third kappa shape index (κ3) is 7.78. The topological polar surface area (TPSA) is 67.8 Å². The predicted molar refractivity (Wildman–Crippen MR) is 74.9 cm³/mol. The number of benzene rings is 1. The first-order chi connectivity index (χ1) is 9.22. The van der Waals surface area contributed by atoms with Crippen molar-refractivity contribution < 1.29 is 18.9 Å². The Morgan fingerprint density at radius 2 is 2.11 bits per heavy atom. The van der Waals surface area contributed by atoms with E-state index < -0.39 is 14.5 Å². The maximum Gasteiger partial charge on any atom is 0.407 e. The van der Waals surface area contributed by atoms with Gasteiger partial charge in [-0.2, -0.15) is 0 Å². The predicted octanol–water partition coefficient (Wildman–Crippen LogP) is 2.64. The van der Waals surface area contributed by atoms with Crippen molar-refractivity contribution in [2.45, 2.75) is 20.0 Å². The van der Waals surface area contributed by atoms with Crippen molar-refractivity contribution in [1.29, 1.82) is 0 Å². The van der Waals surface area contributed by atoms with Crippen LogP contribution in [0.5, 0.6) is 0 Å². The molecule has 0 radical (unpaired) electrons. The molecule has 1 rings (SSSR count). The van der Waals surface area contributed by atoms with Crippen LogP contribution in [0.2, 0.25) is 0 Å². The van der Waals surface area contributed by atoms with Crippen molar-refractivity contribution in [3.8, 4) is 0 Å². The van der Waals surface area contributed by atoms with Crippen LogP contribution in [0.4, 0.5) is 4.79 Å². The third-order valence-corrected chi connectivity index (χ3v) is 3.54. The van der Waals surface area contributed by atoms with Gasteiger partial charge in [0.2, 0.25) is 0 Å². The van der Waals surface area contributed by atoms with Crippen molar-refractivity contribution in [3.05, 3.63) is 35.9 Å². The molecule has 19 heavy (non-hydrogen) atoms. The van der Waals surface area contributed by atoms with Gasteiger partial charge in [-0.15, -0.1) is 0 Å². The standard InChI is InChI=1S/C13H20NO4P/c1-2-18-19(16)10-6-9-14-13(15)17-11-12-7-4-3-5-8-12/h3-5,7-8,16H,2,6,9-11H2,1H3,(H,14,15). The summed E-state index contributed by atoms with van der Waals surface area (Å²) in [7, 11) is -1.35. The molecule has 0 aliphatic rings. The van der Waals surface area contributed by atoms with Crippen molar-refractivity contribution in [1.82, 2.24) is 5.32 Å². The lowest BCUT2D eigenvalue weighted by atomic mass is 10.2. The van der Waals surface area contributed by atoms with E-state index >= 15 is 0 Å². The third-order valence-electron chi connectivity index (χ3n) is 2.29. The number of carbonyl (C=O) groups excluding carboxylic acids is 1. The molecule has 0 saturated carbocycles. The summed E-state index contributed by atoms with van der Waals surface area (Å²) in [5.74, 6) is 0. The summed E-state index contributed by atoms with van der Waals surface area (Å²) in [4.78, 5) is 20.7. The first-order valence-electron chi connectivity index (χ1n) is 6.26. The Morgan fingerprint density at radius 1 is 1.37 bits per heavy atom. The minimum atomic E-state index is -1.35. The lowest BCUT2D eigenvalue weighted by Crippen LogP contribution is -2.25. The van der Waals surface area contributed by atoms with Crippen LogP contribution >= 0.6 is 8.38 Å². The summed E-state index contributed by atoms with van der Waals surface area (Å²) in [5.41, 5.74) is 0.952. The Morgan fingerprint density at radius 3 is 2.79 bits per heavy atom. The number of hydrogen-bond donors (Lipinski definition) is 2. The van der Waals surface area contributed by atoms with Crippen molar-refractivity contribution in [3.63, 3.8) is 0 Å². The number of alkyl carbamates (subject to hydrolysis) is 1. The van der Waals surface area contributed by atoms with Gasteiger partial charge in [0.1, 0.15) is 6.61 Å². The van der Waals surface area contributed by atoms with Crippen LogP contribution in [0.3, 0.4) is 0 Å². The van der Waals surface area contributed by atoms with Crippen molar-refractivity contribution in [2.24, 2.45) is 0 Å². The summed E-state index contributed by atoms with van der Waals surface area (Å²) in [5, 5.41) is 2.63. The highest BCUT2D eigenvalue weighted by Gasteiger charge is 2.05. The van der Waals surface area contributed by atoms with Crippen molar-refractivity contribution >= 4 is 14.5 Å². The molecule has 0 bridgehead atoms. The van der Waals surface area contributed by atoms with Gasteiger partial charge in [-0.1, -0.05) is 30.3 Å². The number of carbonyl (C=O) groups is 1. The molecule has 2 N–H and O–H groups in total. The second-order valence-corrected chi connectivity index (χ2v) is 5.25. The highest BCUT2D eigenvalue weighted by atomic mass is 31.2. The Labute approximate surface area is 114 Å². The van der Waals surface area contributed by atoms with Crippen LogP contribution in [0.1, 0.15) is 18.9 Å². The molecular weight excluding hydrogens is 265 g/mol. The van der Waals surface area contributed by atoms with Crippen LogP contribution in [0, 0.1) is 0 Å². The number of rotatable bonds is 8. The first-order valence-corrected chi connectivity index (χ1v) is 7.66. The zero-order chi connectivity index (χ0) is 13.9. The van der Waals surface area contributed by atoms with Crippen LogP contribution in [0.25, 0.3) is 0 Å². The molecule has 0 heterocycles. The summed E-state index contributed by atoms with van der Waals surface area (Å²) >= 11 is 0. The monoisotopic (exact) mass is 285 g/mol. The summed E-state index contributed by atoms with van der Waals surface area (Å²) in [6.07, 6.45) is 0.785. The van der Waals surface area contributed by atoms with E-state index in [-0.39, 0.29) is 6.61 Å². The van der Waals surface area contributed by atoms with E-state index in [2.05, 4.69) is 5.32 Å². The molecule has 1 amide bonds. The number of nitrogens with one attached hydrogen (secondary N) is 1. The molecular formula is C13H20NO4P. The fourth-order valence-corrected chi connectivity index (χ4v) is 2.25. The van der Waals surface area contributed by atoms with Crippen LogP contribution in [0.15, 0.2) is 30.3 Å². The van der Waals surface area contributed by atoms with E-state index in [9.17, 15) is 9.69 Å². The zero-order valence-electron chi connectivity index (χ0n) is 11.0. The molecule has 0 aromatic heterocycles. The molecule has 0 spiro atoms. The lowest BCUT2D eigenvalue weighted by molar-refractivity contribution is 0.139. The van der Waals surface area contributed by atoms with Gasteiger partial charge in [-0.25, -0.2) is 4.79 Å². The van der Waals surface area contributed by atoms with Gasteiger partial charge in [0.05, 0.1) is 6.61 Å². The van der Waals surface area contributed by atoms with Crippen LogP contribution in [-0.2, 0) is 15.9 Å². The van der Waals surface area contributed by atoms with E-state index in [1.165, 1.54) is 0 Å². The molecule has 5 nitrogen and oxygen atoms in total. The Bertz CT molecular complexity index is 361. The lowest BCUT2D eigenvalue weighted by Gasteiger charge is -2.10. The normalized spacial score (nSPS) is 11.9. The summed E-state index contributed by atoms with van der Waals surface area (Å²) in [6, 6.07) is 9.50. The molecule has 1 unspecified atom stereocenters. The Kier molecular flexibility index (Phi) is 8.14. The first kappa shape index (κ1) is 15.9. The van der Waals surface area contributed by atoms with Crippen LogP contribution in [-0.4, -0.2) is 30.3 Å². The highest BCUT2D eigenvalue weighted by molar-refractivity contribution is 7.46. The highest BCUT2D eigenvalue weighted by Crippen LogP contribution is 2.31. The van der Waals surface area contributed by atoms with Gasteiger partial charge in [0.15, 0.2) is 8.38 Å². The number of amides is 1. The average molecular weight is 285 g/mol. The molecule has 106 valence electrons. The number of hydrogen-bond acceptors (Lipinski definition) is 4. The fraction of sp³-hybridized carbons (Fsp3) is 0.462. The molecule has 0 fully saturated rings. The smallest absolute Gasteiger partial charge is 0.407 e. The second-order valence-electron chi connectivity index (χ2n) is 3.84. The minimum absolute atomic E-state index is 0.262. The molecule has 6 heteroatoms. The maximum absolute atomic E-state index is 11.4. The zero-order valence-corrected chi connectivity index (χ0v) is 11.9. The average Bonchev–Trinajstić information content (AvgIpc) is 2.43. The van der Waals surface area contributed by atoms with Gasteiger partial charge >= 0.3 is 6.09 Å². The minimum Gasteiger partial charge on any atom is -0.445 e. The number of ether oxygens (including phenoxy) is 1. The van der Waals surface area contributed by atoms with E-state index in [0.717, 1.165) is 5.56 Å². The molecule has 0 aliphatic heterocycles. The van der Waals surface area contributed by atoms with Gasteiger partial charge in [0.25, 0.3) is 0 Å². The molecule has 1 atom stereocenters. The van der Waals surface area contributed by atoms with Gasteiger partial charge in [-0.05, 0) is 18.9 Å². The quantitative estimate of drug-likeness (QED) is 0.569.